The molecule has 0 aromatic rings. The molecule has 0 aromatic heterocycles. The van der Waals surface area contributed by atoms with E-state index in [-0.39, 0.29) is 6.42 Å². The molecule has 0 rings (SSSR count). The van der Waals surface area contributed by atoms with E-state index in [4.69, 9.17) is 10.4 Å². The average molecular weight is 222 g/mol. The van der Waals surface area contributed by atoms with Crippen molar-refractivity contribution in [3.05, 3.63) is 0 Å². The molecule has 0 aliphatic carbocycles. The number of aliphatic carboxylic acids is 1. The number of sulfonamides is 1. The molecular formula is C6H10N2O5S. The van der Waals surface area contributed by atoms with Crippen molar-refractivity contribution in [2.45, 2.75) is 18.6 Å². The molecule has 0 heterocycles. The monoisotopic (exact) mass is 222 g/mol. The quantitative estimate of drug-likeness (QED) is 0.569. The summed E-state index contributed by atoms with van der Waals surface area (Å²) in [5.74, 6) is -1.31. The zero-order valence-corrected chi connectivity index (χ0v) is 8.24. The van der Waals surface area contributed by atoms with Gasteiger partial charge in [-0.2, -0.15) is 5.26 Å². The molecule has 8 heteroatoms. The van der Waals surface area contributed by atoms with Gasteiger partial charge in [0.25, 0.3) is 0 Å². The topological polar surface area (TPSA) is 116 Å². The summed E-state index contributed by atoms with van der Waals surface area (Å²) < 4.78 is 22.2. The van der Waals surface area contributed by atoms with Crippen LogP contribution in [0.3, 0.4) is 0 Å². The second-order valence-corrected chi connectivity index (χ2v) is 4.16. The molecule has 7 nitrogen and oxygen atoms in total. The second-order valence-electron chi connectivity index (χ2n) is 2.34. The minimum atomic E-state index is -3.91. The van der Waals surface area contributed by atoms with E-state index in [9.17, 15) is 13.2 Å². The fourth-order valence-electron chi connectivity index (χ4n) is 0.611. The average Bonchev–Trinajstić information content (AvgIpc) is 2.04. The zero-order chi connectivity index (χ0) is 11.2. The largest absolute Gasteiger partial charge is 0.479 e. The summed E-state index contributed by atoms with van der Waals surface area (Å²) in [5, 5.41) is 15.3. The van der Waals surface area contributed by atoms with E-state index in [0.717, 1.165) is 0 Å². The number of hydrogen-bond acceptors (Lipinski definition) is 5. The molecule has 0 radical (unpaired) electrons. The van der Waals surface area contributed by atoms with Gasteiger partial charge in [-0.25, -0.2) is 13.2 Å². The van der Waals surface area contributed by atoms with E-state index in [1.54, 1.807) is 11.0 Å². The lowest BCUT2D eigenvalue weighted by molar-refractivity contribution is -0.143. The van der Waals surface area contributed by atoms with E-state index in [1.807, 2.05) is 0 Å². The third-order valence-corrected chi connectivity index (χ3v) is 2.80. The van der Waals surface area contributed by atoms with Crippen molar-refractivity contribution in [2.75, 3.05) is 6.61 Å². The normalized spacial score (nSPS) is 13.1. The van der Waals surface area contributed by atoms with Crippen LogP contribution in [-0.4, -0.2) is 31.4 Å². The number of nitrogens with one attached hydrogen (secondary N) is 1. The number of carbonyl (C=O) groups is 1. The zero-order valence-electron chi connectivity index (χ0n) is 7.43. The van der Waals surface area contributed by atoms with Gasteiger partial charge in [0.1, 0.15) is 0 Å². The SMILES string of the molecule is CCC(C#N)S(=O)(=O)NOCC(=O)O. The first kappa shape index (κ1) is 12.8. The Morgan fingerprint density at radius 3 is 2.64 bits per heavy atom. The molecule has 0 bridgehead atoms. The summed E-state index contributed by atoms with van der Waals surface area (Å²) in [6, 6.07) is 1.55. The Morgan fingerprint density at radius 1 is 1.71 bits per heavy atom. The van der Waals surface area contributed by atoms with Crippen LogP contribution in [0.25, 0.3) is 0 Å². The number of rotatable bonds is 6. The first-order valence-corrected chi connectivity index (χ1v) is 5.22. The van der Waals surface area contributed by atoms with Gasteiger partial charge in [-0.05, 0) is 6.42 Å². The molecule has 0 saturated heterocycles. The molecule has 14 heavy (non-hydrogen) atoms. The van der Waals surface area contributed by atoms with E-state index in [1.165, 1.54) is 6.92 Å². The number of nitriles is 1. The third kappa shape index (κ3) is 4.18. The molecule has 0 aliphatic heterocycles. The van der Waals surface area contributed by atoms with Crippen molar-refractivity contribution in [1.82, 2.24) is 4.89 Å². The van der Waals surface area contributed by atoms with Crippen molar-refractivity contribution < 1.29 is 23.2 Å². The number of hydrogen-bond donors (Lipinski definition) is 2. The predicted octanol–water partition coefficient (Wildman–Crippen LogP) is -0.776. The van der Waals surface area contributed by atoms with Crippen molar-refractivity contribution in [3.63, 3.8) is 0 Å². The molecule has 0 spiro atoms. The maximum atomic E-state index is 11.1. The van der Waals surface area contributed by atoms with E-state index in [0.29, 0.717) is 0 Å². The van der Waals surface area contributed by atoms with Crippen LogP contribution in [0.5, 0.6) is 0 Å². The fraction of sp³-hybridized carbons (Fsp3) is 0.667. The van der Waals surface area contributed by atoms with Gasteiger partial charge < -0.3 is 5.11 Å². The van der Waals surface area contributed by atoms with Crippen LogP contribution in [0.1, 0.15) is 13.3 Å². The van der Waals surface area contributed by atoms with Gasteiger partial charge in [-0.3, -0.25) is 4.84 Å². The van der Waals surface area contributed by atoms with Gasteiger partial charge in [0.15, 0.2) is 11.9 Å². The van der Waals surface area contributed by atoms with Crippen LogP contribution in [-0.2, 0) is 19.7 Å². The maximum absolute atomic E-state index is 11.1. The standard InChI is InChI=1S/C6H10N2O5S/c1-2-5(3-7)14(11,12)8-13-4-6(9)10/h5,8H,2,4H2,1H3,(H,9,10). The van der Waals surface area contributed by atoms with Crippen molar-refractivity contribution in [1.29, 1.82) is 5.26 Å². The van der Waals surface area contributed by atoms with E-state index < -0.39 is 27.8 Å². The Kier molecular flexibility index (Phi) is 5.07. The Balaban J connectivity index is 4.22. The van der Waals surface area contributed by atoms with Gasteiger partial charge in [0.05, 0.1) is 6.07 Å². The lowest BCUT2D eigenvalue weighted by Crippen LogP contribution is -2.34. The molecule has 0 aromatic carbocycles. The fourth-order valence-corrected chi connectivity index (χ4v) is 1.53. The Morgan fingerprint density at radius 2 is 2.29 bits per heavy atom. The maximum Gasteiger partial charge on any atom is 0.331 e. The summed E-state index contributed by atoms with van der Waals surface area (Å²) in [6.45, 7) is 0.728. The molecule has 80 valence electrons. The molecule has 2 N–H and O–H groups in total. The lowest BCUT2D eigenvalue weighted by Gasteiger charge is -2.08. The van der Waals surface area contributed by atoms with Crippen molar-refractivity contribution >= 4 is 16.0 Å². The Labute approximate surface area is 81.3 Å². The molecule has 0 aliphatic rings. The number of nitrogens with zero attached hydrogens (tertiary/aromatic N) is 1. The first-order chi connectivity index (χ1) is 6.44. The second kappa shape index (κ2) is 5.54. The summed E-state index contributed by atoms with van der Waals surface area (Å²) in [5.41, 5.74) is 0. The Bertz CT molecular complexity index is 331. The van der Waals surface area contributed by atoms with Crippen LogP contribution >= 0.6 is 0 Å². The molecule has 1 unspecified atom stereocenters. The first-order valence-electron chi connectivity index (χ1n) is 3.67. The van der Waals surface area contributed by atoms with Crippen LogP contribution in [0, 0.1) is 11.3 Å². The van der Waals surface area contributed by atoms with Crippen LogP contribution in [0.4, 0.5) is 0 Å². The van der Waals surface area contributed by atoms with Crippen molar-refractivity contribution in [2.24, 2.45) is 0 Å². The van der Waals surface area contributed by atoms with Gasteiger partial charge >= 0.3 is 5.97 Å². The van der Waals surface area contributed by atoms with Crippen LogP contribution < -0.4 is 4.89 Å². The molecule has 0 fully saturated rings. The lowest BCUT2D eigenvalue weighted by atomic mass is 10.4. The Hall–Kier alpha value is -1.17. The third-order valence-electron chi connectivity index (χ3n) is 1.26. The molecule has 0 amide bonds. The summed E-state index contributed by atoms with van der Waals surface area (Å²) >= 11 is 0. The minimum Gasteiger partial charge on any atom is -0.479 e. The minimum absolute atomic E-state index is 0.0995. The van der Waals surface area contributed by atoms with E-state index >= 15 is 0 Å². The highest BCUT2D eigenvalue weighted by Gasteiger charge is 2.23. The highest BCUT2D eigenvalue weighted by atomic mass is 32.2. The predicted molar refractivity (Wildman–Crippen MR) is 45.3 cm³/mol. The highest BCUT2D eigenvalue weighted by Crippen LogP contribution is 2.01. The summed E-state index contributed by atoms with van der Waals surface area (Å²) in [7, 11) is -3.91. The summed E-state index contributed by atoms with van der Waals surface area (Å²) in [4.78, 5) is 15.7. The van der Waals surface area contributed by atoms with Gasteiger partial charge in [-0.1, -0.05) is 11.8 Å². The number of carboxylic acids is 1. The molecule has 0 saturated carbocycles. The van der Waals surface area contributed by atoms with Gasteiger partial charge in [0, 0.05) is 0 Å². The van der Waals surface area contributed by atoms with Gasteiger partial charge in [0.2, 0.25) is 10.0 Å². The summed E-state index contributed by atoms with van der Waals surface area (Å²) in [6.07, 6.45) is 0.0995. The van der Waals surface area contributed by atoms with E-state index in [2.05, 4.69) is 4.84 Å². The van der Waals surface area contributed by atoms with Gasteiger partial charge in [-0.15, -0.1) is 0 Å². The smallest absolute Gasteiger partial charge is 0.331 e. The highest BCUT2D eigenvalue weighted by molar-refractivity contribution is 7.90. The van der Waals surface area contributed by atoms with Crippen LogP contribution in [0.15, 0.2) is 0 Å². The number of carboxylic acid groups (broad SMARTS) is 1. The van der Waals surface area contributed by atoms with Crippen molar-refractivity contribution in [3.8, 4) is 6.07 Å². The molecule has 1 atom stereocenters. The van der Waals surface area contributed by atoms with Crippen LogP contribution in [0.2, 0.25) is 0 Å². The molecular weight excluding hydrogens is 212 g/mol.